The highest BCUT2D eigenvalue weighted by Crippen LogP contribution is 2.27. The second-order valence-electron chi connectivity index (χ2n) is 4.10. The van der Waals surface area contributed by atoms with Crippen molar-refractivity contribution in [2.75, 3.05) is 20.8 Å². The van der Waals surface area contributed by atoms with Gasteiger partial charge in [-0.3, -0.25) is 0 Å². The van der Waals surface area contributed by atoms with E-state index in [2.05, 4.69) is 0 Å². The van der Waals surface area contributed by atoms with E-state index in [1.165, 1.54) is 0 Å². The minimum Gasteiger partial charge on any atom is -0.493 e. The summed E-state index contributed by atoms with van der Waals surface area (Å²) in [7, 11) is 3.32. The predicted molar refractivity (Wildman–Crippen MR) is 74.7 cm³/mol. The zero-order chi connectivity index (χ0) is 13.5. The van der Waals surface area contributed by atoms with Gasteiger partial charge in [0.1, 0.15) is 12.7 Å². The van der Waals surface area contributed by atoms with Gasteiger partial charge >= 0.3 is 0 Å². The molecule has 0 saturated carbocycles. The molecule has 0 aliphatic heterocycles. The molecule has 0 bridgehead atoms. The van der Waals surface area contributed by atoms with Crippen LogP contribution in [0.1, 0.15) is 11.7 Å². The second-order valence-corrected chi connectivity index (χ2v) is 4.10. The van der Waals surface area contributed by atoms with Crippen molar-refractivity contribution in [1.29, 1.82) is 0 Å². The van der Waals surface area contributed by atoms with E-state index in [9.17, 15) is 0 Å². The number of ether oxygens (including phenoxy) is 3. The maximum Gasteiger partial charge on any atom is 0.161 e. The second kappa shape index (κ2) is 6.81. The first-order chi connectivity index (χ1) is 9.35. The fourth-order valence-corrected chi connectivity index (χ4v) is 1.87. The lowest BCUT2D eigenvalue weighted by Gasteiger charge is -2.17. The number of benzene rings is 2. The van der Waals surface area contributed by atoms with Crippen LogP contribution in [0.3, 0.4) is 0 Å². The van der Waals surface area contributed by atoms with Crippen molar-refractivity contribution in [1.82, 2.24) is 0 Å². The molecular weight excluding hydrogens is 240 g/mol. The molecule has 1 unspecified atom stereocenters. The van der Waals surface area contributed by atoms with Gasteiger partial charge in [-0.15, -0.1) is 0 Å². The van der Waals surface area contributed by atoms with Gasteiger partial charge in [0.05, 0.1) is 7.11 Å². The first-order valence-electron chi connectivity index (χ1n) is 6.18. The molecule has 100 valence electrons. The summed E-state index contributed by atoms with van der Waals surface area (Å²) in [6, 6.07) is 17.6. The molecule has 2 aromatic carbocycles. The van der Waals surface area contributed by atoms with Crippen LogP contribution in [0.4, 0.5) is 0 Å². The van der Waals surface area contributed by atoms with Crippen LogP contribution < -0.4 is 9.47 Å². The molecular formula is C16H18O3. The van der Waals surface area contributed by atoms with Crippen LogP contribution >= 0.6 is 0 Å². The lowest BCUT2D eigenvalue weighted by Crippen LogP contribution is -2.12. The van der Waals surface area contributed by atoms with Crippen LogP contribution in [-0.2, 0) is 4.74 Å². The SMILES string of the molecule is COc1ccccc1OCC(OC)c1ccccc1. The van der Waals surface area contributed by atoms with Gasteiger partial charge in [0.15, 0.2) is 11.5 Å². The quantitative estimate of drug-likeness (QED) is 0.794. The van der Waals surface area contributed by atoms with Crippen molar-refractivity contribution in [2.45, 2.75) is 6.10 Å². The van der Waals surface area contributed by atoms with E-state index in [0.717, 1.165) is 17.1 Å². The highest BCUT2D eigenvalue weighted by atomic mass is 16.5. The molecule has 0 aliphatic carbocycles. The van der Waals surface area contributed by atoms with Crippen LogP contribution in [0.2, 0.25) is 0 Å². The number of methoxy groups -OCH3 is 2. The number of hydrogen-bond donors (Lipinski definition) is 0. The van der Waals surface area contributed by atoms with E-state index in [4.69, 9.17) is 14.2 Å². The van der Waals surface area contributed by atoms with Gasteiger partial charge in [0.25, 0.3) is 0 Å². The summed E-state index contributed by atoms with van der Waals surface area (Å²) in [6.07, 6.45) is -0.0916. The molecule has 2 aromatic rings. The molecule has 1 atom stereocenters. The largest absolute Gasteiger partial charge is 0.493 e. The number of hydrogen-bond acceptors (Lipinski definition) is 3. The minimum absolute atomic E-state index is 0.0916. The molecule has 19 heavy (non-hydrogen) atoms. The van der Waals surface area contributed by atoms with Gasteiger partial charge in [-0.25, -0.2) is 0 Å². The summed E-state index contributed by atoms with van der Waals surface area (Å²) >= 11 is 0. The molecule has 0 aliphatic rings. The Bertz CT molecular complexity index is 496. The maximum atomic E-state index is 5.79. The van der Waals surface area contributed by atoms with Crippen molar-refractivity contribution in [3.05, 3.63) is 60.2 Å². The third kappa shape index (κ3) is 3.48. The van der Waals surface area contributed by atoms with E-state index in [0.29, 0.717) is 6.61 Å². The number of para-hydroxylation sites is 2. The summed E-state index contributed by atoms with van der Waals surface area (Å²) in [6.45, 7) is 0.445. The van der Waals surface area contributed by atoms with E-state index >= 15 is 0 Å². The predicted octanol–water partition coefficient (Wildman–Crippen LogP) is 3.46. The molecule has 2 rings (SSSR count). The first-order valence-corrected chi connectivity index (χ1v) is 6.18. The van der Waals surface area contributed by atoms with Gasteiger partial charge in [-0.1, -0.05) is 42.5 Å². The molecule has 3 nitrogen and oxygen atoms in total. The average molecular weight is 258 g/mol. The van der Waals surface area contributed by atoms with Crippen LogP contribution in [0.25, 0.3) is 0 Å². The molecule has 0 N–H and O–H groups in total. The van der Waals surface area contributed by atoms with Gasteiger partial charge in [-0.2, -0.15) is 0 Å². The summed E-state index contributed by atoms with van der Waals surface area (Å²) in [5.41, 5.74) is 1.10. The van der Waals surface area contributed by atoms with Gasteiger partial charge in [0.2, 0.25) is 0 Å². The lowest BCUT2D eigenvalue weighted by molar-refractivity contribution is 0.0566. The fourth-order valence-electron chi connectivity index (χ4n) is 1.87. The fraction of sp³-hybridized carbons (Fsp3) is 0.250. The Morgan fingerprint density at radius 1 is 0.842 bits per heavy atom. The zero-order valence-electron chi connectivity index (χ0n) is 11.2. The van der Waals surface area contributed by atoms with Gasteiger partial charge in [-0.05, 0) is 17.7 Å². The minimum atomic E-state index is -0.0916. The van der Waals surface area contributed by atoms with Crippen LogP contribution in [-0.4, -0.2) is 20.8 Å². The van der Waals surface area contributed by atoms with E-state index in [-0.39, 0.29) is 6.10 Å². The molecule has 0 amide bonds. The Morgan fingerprint density at radius 2 is 1.47 bits per heavy atom. The normalized spacial score (nSPS) is 11.9. The lowest BCUT2D eigenvalue weighted by atomic mass is 10.1. The summed E-state index contributed by atoms with van der Waals surface area (Å²) < 4.78 is 16.5. The third-order valence-corrected chi connectivity index (χ3v) is 2.92. The van der Waals surface area contributed by atoms with E-state index in [1.54, 1.807) is 14.2 Å². The maximum absolute atomic E-state index is 5.79. The number of rotatable bonds is 6. The topological polar surface area (TPSA) is 27.7 Å². The highest BCUT2D eigenvalue weighted by molar-refractivity contribution is 5.39. The van der Waals surface area contributed by atoms with Crippen molar-refractivity contribution < 1.29 is 14.2 Å². The third-order valence-electron chi connectivity index (χ3n) is 2.92. The molecule has 0 radical (unpaired) electrons. The molecule has 3 heteroatoms. The molecule has 0 saturated heterocycles. The van der Waals surface area contributed by atoms with Crippen LogP contribution in [0.15, 0.2) is 54.6 Å². The zero-order valence-corrected chi connectivity index (χ0v) is 11.2. The summed E-state index contributed by atoms with van der Waals surface area (Å²) in [5, 5.41) is 0. The Kier molecular flexibility index (Phi) is 4.81. The molecule has 0 fully saturated rings. The van der Waals surface area contributed by atoms with E-state index in [1.807, 2.05) is 54.6 Å². The molecule has 0 heterocycles. The van der Waals surface area contributed by atoms with Crippen molar-refractivity contribution >= 4 is 0 Å². The van der Waals surface area contributed by atoms with Gasteiger partial charge in [0, 0.05) is 7.11 Å². The molecule has 0 spiro atoms. The smallest absolute Gasteiger partial charge is 0.161 e. The Labute approximate surface area is 113 Å². The van der Waals surface area contributed by atoms with Crippen molar-refractivity contribution in [3.8, 4) is 11.5 Å². The Hall–Kier alpha value is -2.00. The summed E-state index contributed by atoms with van der Waals surface area (Å²) in [5.74, 6) is 1.45. The Balaban J connectivity index is 2.04. The van der Waals surface area contributed by atoms with Crippen LogP contribution in [0, 0.1) is 0 Å². The Morgan fingerprint density at radius 3 is 2.11 bits per heavy atom. The molecule has 0 aromatic heterocycles. The average Bonchev–Trinajstić information content (AvgIpc) is 2.49. The first kappa shape index (κ1) is 13.4. The monoisotopic (exact) mass is 258 g/mol. The van der Waals surface area contributed by atoms with Crippen molar-refractivity contribution in [2.24, 2.45) is 0 Å². The van der Waals surface area contributed by atoms with Crippen molar-refractivity contribution in [3.63, 3.8) is 0 Å². The van der Waals surface area contributed by atoms with Gasteiger partial charge < -0.3 is 14.2 Å². The highest BCUT2D eigenvalue weighted by Gasteiger charge is 2.12. The van der Waals surface area contributed by atoms with E-state index < -0.39 is 0 Å². The standard InChI is InChI=1S/C16H18O3/c1-17-14-10-6-7-11-15(14)19-12-16(18-2)13-8-4-3-5-9-13/h3-11,16H,12H2,1-2H3. The summed E-state index contributed by atoms with van der Waals surface area (Å²) in [4.78, 5) is 0. The van der Waals surface area contributed by atoms with Crippen LogP contribution in [0.5, 0.6) is 11.5 Å².